The number of rotatable bonds is 3. The molecular weight excluding hydrogens is 280 g/mol. The molecule has 20 heavy (non-hydrogen) atoms. The van der Waals surface area contributed by atoms with E-state index in [1.807, 2.05) is 24.3 Å². The Hall–Kier alpha value is -1.99. The van der Waals surface area contributed by atoms with Gasteiger partial charge in [0.2, 0.25) is 11.7 Å². The third kappa shape index (κ3) is 3.12. The minimum atomic E-state index is -0.0723. The van der Waals surface area contributed by atoms with E-state index in [0.29, 0.717) is 5.82 Å². The van der Waals surface area contributed by atoms with Gasteiger partial charge in [-0.05, 0) is 48.9 Å². The van der Waals surface area contributed by atoms with Gasteiger partial charge in [-0.3, -0.25) is 4.79 Å². The van der Waals surface area contributed by atoms with E-state index in [1.165, 1.54) is 0 Å². The van der Waals surface area contributed by atoms with Crippen LogP contribution in [0.15, 0.2) is 24.3 Å². The first kappa shape index (κ1) is 14.4. The molecule has 0 spiro atoms. The lowest BCUT2D eigenvalue weighted by Gasteiger charge is -2.11. The summed E-state index contributed by atoms with van der Waals surface area (Å²) in [5.41, 5.74) is 1.62. The monoisotopic (exact) mass is 294 g/mol. The number of hydrogen-bond donors (Lipinski definition) is 3. The van der Waals surface area contributed by atoms with E-state index < -0.39 is 0 Å². The fraction of sp³-hybridized carbons (Fsp3) is 0.333. The normalized spacial score (nSPS) is 17.5. The van der Waals surface area contributed by atoms with Crippen LogP contribution in [0.3, 0.4) is 0 Å². The van der Waals surface area contributed by atoms with Gasteiger partial charge < -0.3 is 10.6 Å². The largest absolute Gasteiger partial charge is 0.325 e. The molecule has 8 heteroatoms. The number of tetrazole rings is 1. The number of aromatic nitrogens is 4. The molecular formula is C12H15ClN6O. The fourth-order valence-corrected chi connectivity index (χ4v) is 2.12. The Bertz CT molecular complexity index is 550. The highest BCUT2D eigenvalue weighted by Gasteiger charge is 2.21. The van der Waals surface area contributed by atoms with Crippen LogP contribution in [0.25, 0.3) is 11.4 Å². The summed E-state index contributed by atoms with van der Waals surface area (Å²) in [5.74, 6) is 0.556. The second kappa shape index (κ2) is 6.44. The van der Waals surface area contributed by atoms with E-state index in [0.717, 1.165) is 30.6 Å². The summed E-state index contributed by atoms with van der Waals surface area (Å²) in [6.45, 7) is 0.912. The van der Waals surface area contributed by atoms with Crippen LogP contribution in [0, 0.1) is 0 Å². The minimum Gasteiger partial charge on any atom is -0.325 e. The summed E-state index contributed by atoms with van der Waals surface area (Å²) >= 11 is 0. The zero-order valence-electron chi connectivity index (χ0n) is 10.7. The lowest BCUT2D eigenvalue weighted by molar-refractivity contribution is -0.117. The third-order valence-corrected chi connectivity index (χ3v) is 3.13. The Morgan fingerprint density at radius 2 is 2.10 bits per heavy atom. The van der Waals surface area contributed by atoms with Crippen molar-refractivity contribution in [3.63, 3.8) is 0 Å². The van der Waals surface area contributed by atoms with Gasteiger partial charge in [0.1, 0.15) is 0 Å². The number of nitrogens with zero attached hydrogens (tertiary/aromatic N) is 3. The Balaban J connectivity index is 0.00000147. The maximum Gasteiger partial charge on any atom is 0.241 e. The van der Waals surface area contributed by atoms with Crippen LogP contribution < -0.4 is 10.6 Å². The number of amides is 1. The molecule has 0 aliphatic carbocycles. The van der Waals surface area contributed by atoms with Gasteiger partial charge in [-0.2, -0.15) is 5.21 Å². The summed E-state index contributed by atoms with van der Waals surface area (Å²) in [5, 5.41) is 19.8. The van der Waals surface area contributed by atoms with Gasteiger partial charge in [0.05, 0.1) is 6.04 Å². The van der Waals surface area contributed by atoms with Crippen molar-refractivity contribution < 1.29 is 4.79 Å². The number of benzene rings is 1. The first-order chi connectivity index (χ1) is 9.33. The second-order valence-electron chi connectivity index (χ2n) is 4.45. The van der Waals surface area contributed by atoms with Crippen molar-refractivity contribution in [3.05, 3.63) is 24.3 Å². The predicted octanol–water partition coefficient (Wildman–Crippen LogP) is 0.979. The van der Waals surface area contributed by atoms with E-state index in [9.17, 15) is 4.79 Å². The average molecular weight is 295 g/mol. The van der Waals surface area contributed by atoms with Crippen molar-refractivity contribution in [1.29, 1.82) is 0 Å². The number of hydrogen-bond acceptors (Lipinski definition) is 5. The molecule has 1 atom stereocenters. The Morgan fingerprint density at radius 1 is 1.30 bits per heavy atom. The molecule has 1 aromatic heterocycles. The average Bonchev–Trinajstić information content (AvgIpc) is 3.13. The summed E-state index contributed by atoms with van der Waals surface area (Å²) < 4.78 is 0. The molecule has 3 N–H and O–H groups in total. The lowest BCUT2D eigenvalue weighted by atomic mass is 10.2. The molecule has 1 aromatic carbocycles. The SMILES string of the molecule is Cl.O=C(Nc1ccc(-c2nn[nH]n2)cc1)C1CCCN1. The highest BCUT2D eigenvalue weighted by molar-refractivity contribution is 5.95. The first-order valence-corrected chi connectivity index (χ1v) is 6.21. The van der Waals surface area contributed by atoms with Gasteiger partial charge in [-0.1, -0.05) is 0 Å². The van der Waals surface area contributed by atoms with Gasteiger partial charge in [-0.15, -0.1) is 22.6 Å². The molecule has 106 valence electrons. The van der Waals surface area contributed by atoms with Crippen LogP contribution in [0.5, 0.6) is 0 Å². The highest BCUT2D eigenvalue weighted by Crippen LogP contribution is 2.17. The number of aromatic amines is 1. The van der Waals surface area contributed by atoms with Crippen LogP contribution in [-0.4, -0.2) is 39.1 Å². The van der Waals surface area contributed by atoms with Crippen molar-refractivity contribution in [2.24, 2.45) is 0 Å². The Labute approximate surface area is 121 Å². The summed E-state index contributed by atoms with van der Waals surface area (Å²) in [4.78, 5) is 11.9. The van der Waals surface area contributed by atoms with E-state index in [1.54, 1.807) is 0 Å². The number of carbonyl (C=O) groups is 1. The van der Waals surface area contributed by atoms with Crippen molar-refractivity contribution in [1.82, 2.24) is 25.9 Å². The molecule has 7 nitrogen and oxygen atoms in total. The maximum absolute atomic E-state index is 11.9. The smallest absolute Gasteiger partial charge is 0.241 e. The Kier molecular flexibility index (Phi) is 4.65. The number of H-pyrrole nitrogens is 1. The van der Waals surface area contributed by atoms with Crippen LogP contribution in [-0.2, 0) is 4.79 Å². The number of anilines is 1. The van der Waals surface area contributed by atoms with Crippen molar-refractivity contribution in [2.75, 3.05) is 11.9 Å². The molecule has 2 aromatic rings. The summed E-state index contributed by atoms with van der Waals surface area (Å²) in [7, 11) is 0. The van der Waals surface area contributed by atoms with Crippen molar-refractivity contribution >= 4 is 24.0 Å². The second-order valence-corrected chi connectivity index (χ2v) is 4.45. The zero-order valence-corrected chi connectivity index (χ0v) is 11.5. The van der Waals surface area contributed by atoms with Gasteiger partial charge in [0, 0.05) is 11.3 Å². The number of nitrogens with one attached hydrogen (secondary N) is 3. The van der Waals surface area contributed by atoms with E-state index in [4.69, 9.17) is 0 Å². The van der Waals surface area contributed by atoms with E-state index in [-0.39, 0.29) is 24.4 Å². The molecule has 1 aliphatic rings. The molecule has 1 amide bonds. The molecule has 3 rings (SSSR count). The van der Waals surface area contributed by atoms with Crippen LogP contribution in [0.1, 0.15) is 12.8 Å². The number of carbonyl (C=O) groups excluding carboxylic acids is 1. The quantitative estimate of drug-likeness (QED) is 0.784. The molecule has 1 fully saturated rings. The van der Waals surface area contributed by atoms with Crippen molar-refractivity contribution in [2.45, 2.75) is 18.9 Å². The van der Waals surface area contributed by atoms with E-state index >= 15 is 0 Å². The molecule has 0 radical (unpaired) electrons. The zero-order chi connectivity index (χ0) is 13.1. The molecule has 2 heterocycles. The van der Waals surface area contributed by atoms with Gasteiger partial charge in [0.15, 0.2) is 0 Å². The molecule has 1 aliphatic heterocycles. The molecule has 1 unspecified atom stereocenters. The Morgan fingerprint density at radius 3 is 2.70 bits per heavy atom. The van der Waals surface area contributed by atoms with Gasteiger partial charge >= 0.3 is 0 Å². The summed E-state index contributed by atoms with van der Waals surface area (Å²) in [6, 6.07) is 7.29. The predicted molar refractivity (Wildman–Crippen MR) is 76.5 cm³/mol. The molecule has 0 saturated carbocycles. The van der Waals surface area contributed by atoms with Crippen LogP contribution >= 0.6 is 12.4 Å². The number of halogens is 1. The fourth-order valence-electron chi connectivity index (χ4n) is 2.12. The highest BCUT2D eigenvalue weighted by atomic mass is 35.5. The van der Waals surface area contributed by atoms with Crippen LogP contribution in [0.4, 0.5) is 5.69 Å². The first-order valence-electron chi connectivity index (χ1n) is 6.21. The lowest BCUT2D eigenvalue weighted by Crippen LogP contribution is -2.35. The van der Waals surface area contributed by atoms with Crippen LogP contribution in [0.2, 0.25) is 0 Å². The molecule has 0 bridgehead atoms. The van der Waals surface area contributed by atoms with Crippen molar-refractivity contribution in [3.8, 4) is 11.4 Å². The standard InChI is InChI=1S/C12H14N6O.ClH/c19-12(10-2-1-7-13-10)14-9-5-3-8(4-6-9)11-15-17-18-16-11;/h3-6,10,13H,1-2,7H2,(H,14,19)(H,15,16,17,18);1H. The van der Waals surface area contributed by atoms with Gasteiger partial charge in [0.25, 0.3) is 0 Å². The minimum absolute atomic E-state index is 0. The topological polar surface area (TPSA) is 95.6 Å². The van der Waals surface area contributed by atoms with Gasteiger partial charge in [-0.25, -0.2) is 0 Å². The third-order valence-electron chi connectivity index (χ3n) is 3.13. The van der Waals surface area contributed by atoms with E-state index in [2.05, 4.69) is 31.3 Å². The summed E-state index contributed by atoms with van der Waals surface area (Å²) in [6.07, 6.45) is 1.95. The molecule has 1 saturated heterocycles. The maximum atomic E-state index is 11.9.